The van der Waals surface area contributed by atoms with E-state index < -0.39 is 0 Å². The molecule has 112 valence electrons. The largest absolute Gasteiger partial charge is 0.356 e. The van der Waals surface area contributed by atoms with E-state index in [1.54, 1.807) is 0 Å². The number of hydrogen-bond acceptors (Lipinski definition) is 3. The van der Waals surface area contributed by atoms with Crippen LogP contribution >= 0.6 is 12.4 Å². The molecule has 0 radical (unpaired) electrons. The lowest BCUT2D eigenvalue weighted by molar-refractivity contribution is -0.134. The Morgan fingerprint density at radius 2 is 1.89 bits per heavy atom. The zero-order chi connectivity index (χ0) is 13.4. The van der Waals surface area contributed by atoms with Gasteiger partial charge in [0.15, 0.2) is 0 Å². The standard InChI is InChI=1S/C13H25N3O2.ClH/c1-2-7-15-12(17)3-4-13(18)16-8-5-11(10-14)6-9-16;/h11H,2-10,14H2,1H3,(H,15,17);1H. The molecular weight excluding hydrogens is 266 g/mol. The molecule has 0 aliphatic carbocycles. The molecule has 0 saturated carbocycles. The highest BCUT2D eigenvalue weighted by Gasteiger charge is 2.21. The van der Waals surface area contributed by atoms with E-state index in [2.05, 4.69) is 5.32 Å². The number of nitrogens with two attached hydrogens (primary N) is 1. The maximum Gasteiger partial charge on any atom is 0.223 e. The Hall–Kier alpha value is -0.810. The van der Waals surface area contributed by atoms with Gasteiger partial charge in [-0.2, -0.15) is 0 Å². The van der Waals surface area contributed by atoms with Crippen molar-refractivity contribution in [1.29, 1.82) is 0 Å². The molecule has 0 unspecified atom stereocenters. The molecular formula is C13H26ClN3O2. The van der Waals surface area contributed by atoms with Crippen molar-refractivity contribution in [3.05, 3.63) is 0 Å². The SMILES string of the molecule is CCCNC(=O)CCC(=O)N1CCC(CN)CC1.Cl. The van der Waals surface area contributed by atoms with Crippen LogP contribution in [0.1, 0.15) is 39.0 Å². The molecule has 0 bridgehead atoms. The molecule has 1 heterocycles. The average molecular weight is 292 g/mol. The van der Waals surface area contributed by atoms with Crippen molar-refractivity contribution < 1.29 is 9.59 Å². The Morgan fingerprint density at radius 1 is 1.26 bits per heavy atom. The van der Waals surface area contributed by atoms with Crippen LogP contribution in [0.25, 0.3) is 0 Å². The summed E-state index contributed by atoms with van der Waals surface area (Å²) in [6, 6.07) is 0. The van der Waals surface area contributed by atoms with Crippen LogP contribution in [0.15, 0.2) is 0 Å². The summed E-state index contributed by atoms with van der Waals surface area (Å²) in [5.41, 5.74) is 5.61. The number of piperidine rings is 1. The molecule has 6 heteroatoms. The highest BCUT2D eigenvalue weighted by molar-refractivity contribution is 5.85. The second-order valence-corrected chi connectivity index (χ2v) is 4.91. The first kappa shape index (κ1) is 18.2. The summed E-state index contributed by atoms with van der Waals surface area (Å²) < 4.78 is 0. The Balaban J connectivity index is 0.00000324. The number of nitrogens with one attached hydrogen (secondary N) is 1. The molecule has 5 nitrogen and oxygen atoms in total. The fraction of sp³-hybridized carbons (Fsp3) is 0.846. The van der Waals surface area contributed by atoms with Crippen molar-refractivity contribution in [1.82, 2.24) is 10.2 Å². The molecule has 0 spiro atoms. The van der Waals surface area contributed by atoms with Gasteiger partial charge >= 0.3 is 0 Å². The van der Waals surface area contributed by atoms with Crippen molar-refractivity contribution in [3.8, 4) is 0 Å². The predicted octanol–water partition coefficient (Wildman–Crippen LogP) is 0.912. The second kappa shape index (κ2) is 10.0. The topological polar surface area (TPSA) is 75.4 Å². The zero-order valence-corrected chi connectivity index (χ0v) is 12.5. The normalized spacial score (nSPS) is 15.8. The molecule has 19 heavy (non-hydrogen) atoms. The lowest BCUT2D eigenvalue weighted by atomic mass is 9.97. The van der Waals surface area contributed by atoms with Gasteiger partial charge in [-0.3, -0.25) is 9.59 Å². The molecule has 0 aromatic heterocycles. The van der Waals surface area contributed by atoms with Gasteiger partial charge in [0, 0.05) is 32.5 Å². The van der Waals surface area contributed by atoms with Gasteiger partial charge in [-0.15, -0.1) is 12.4 Å². The first-order valence-electron chi connectivity index (χ1n) is 6.92. The van der Waals surface area contributed by atoms with Gasteiger partial charge in [0.05, 0.1) is 0 Å². The Labute approximate surface area is 121 Å². The first-order chi connectivity index (χ1) is 8.67. The number of amides is 2. The van der Waals surface area contributed by atoms with E-state index in [1.165, 1.54) is 0 Å². The van der Waals surface area contributed by atoms with Crippen molar-refractivity contribution in [2.45, 2.75) is 39.0 Å². The molecule has 2 amide bonds. The third kappa shape index (κ3) is 6.78. The van der Waals surface area contributed by atoms with Gasteiger partial charge in [0.1, 0.15) is 0 Å². The molecule has 0 atom stereocenters. The third-order valence-corrected chi connectivity index (χ3v) is 3.44. The van der Waals surface area contributed by atoms with Crippen LogP contribution in [0.5, 0.6) is 0 Å². The van der Waals surface area contributed by atoms with Crippen molar-refractivity contribution in [2.75, 3.05) is 26.2 Å². The van der Waals surface area contributed by atoms with E-state index in [9.17, 15) is 9.59 Å². The van der Waals surface area contributed by atoms with Crippen LogP contribution in [-0.2, 0) is 9.59 Å². The number of likely N-dealkylation sites (tertiary alicyclic amines) is 1. The van der Waals surface area contributed by atoms with Gasteiger partial charge in [0.25, 0.3) is 0 Å². The smallest absolute Gasteiger partial charge is 0.223 e. The Bertz CT molecular complexity index is 279. The number of rotatable bonds is 6. The highest BCUT2D eigenvalue weighted by atomic mass is 35.5. The average Bonchev–Trinajstić information content (AvgIpc) is 2.42. The second-order valence-electron chi connectivity index (χ2n) is 4.91. The number of halogens is 1. The summed E-state index contributed by atoms with van der Waals surface area (Å²) in [6.45, 7) is 4.98. The maximum absolute atomic E-state index is 11.9. The van der Waals surface area contributed by atoms with Gasteiger partial charge in [-0.05, 0) is 31.7 Å². The number of hydrogen-bond donors (Lipinski definition) is 2. The number of carbonyl (C=O) groups excluding carboxylic acids is 2. The molecule has 1 rings (SSSR count). The summed E-state index contributed by atoms with van der Waals surface area (Å²) in [5, 5.41) is 2.78. The molecule has 1 aliphatic rings. The highest BCUT2D eigenvalue weighted by Crippen LogP contribution is 2.16. The lowest BCUT2D eigenvalue weighted by Gasteiger charge is -2.31. The molecule has 1 saturated heterocycles. The Kier molecular flexibility index (Phi) is 9.61. The van der Waals surface area contributed by atoms with E-state index in [4.69, 9.17) is 5.73 Å². The summed E-state index contributed by atoms with van der Waals surface area (Å²) in [6.07, 6.45) is 3.53. The number of nitrogens with zero attached hydrogens (tertiary/aromatic N) is 1. The zero-order valence-electron chi connectivity index (χ0n) is 11.7. The van der Waals surface area contributed by atoms with Crippen LogP contribution in [0, 0.1) is 5.92 Å². The molecule has 0 aromatic rings. The van der Waals surface area contributed by atoms with E-state index >= 15 is 0 Å². The van der Waals surface area contributed by atoms with Crippen LogP contribution in [-0.4, -0.2) is 42.9 Å². The monoisotopic (exact) mass is 291 g/mol. The first-order valence-corrected chi connectivity index (χ1v) is 6.92. The minimum atomic E-state index is -0.0259. The molecule has 0 aromatic carbocycles. The van der Waals surface area contributed by atoms with Gasteiger partial charge in [-0.1, -0.05) is 6.92 Å². The predicted molar refractivity (Wildman–Crippen MR) is 78.1 cm³/mol. The molecule has 1 aliphatic heterocycles. The van der Waals surface area contributed by atoms with Crippen molar-refractivity contribution in [2.24, 2.45) is 11.7 Å². The fourth-order valence-corrected chi connectivity index (χ4v) is 2.15. The summed E-state index contributed by atoms with van der Waals surface area (Å²) >= 11 is 0. The van der Waals surface area contributed by atoms with Gasteiger partial charge < -0.3 is 16.0 Å². The molecule has 1 fully saturated rings. The van der Waals surface area contributed by atoms with Crippen molar-refractivity contribution >= 4 is 24.2 Å². The van der Waals surface area contributed by atoms with Crippen LogP contribution in [0.4, 0.5) is 0 Å². The van der Waals surface area contributed by atoms with Crippen LogP contribution in [0.3, 0.4) is 0 Å². The van der Waals surface area contributed by atoms with Crippen LogP contribution in [0.2, 0.25) is 0 Å². The van der Waals surface area contributed by atoms with Crippen LogP contribution < -0.4 is 11.1 Å². The van der Waals surface area contributed by atoms with Gasteiger partial charge in [0.2, 0.25) is 11.8 Å². The lowest BCUT2D eigenvalue weighted by Crippen LogP contribution is -2.40. The quantitative estimate of drug-likeness (QED) is 0.764. The maximum atomic E-state index is 11.9. The minimum absolute atomic E-state index is 0. The summed E-state index contributed by atoms with van der Waals surface area (Å²) in [5.74, 6) is 0.626. The molecule has 3 N–H and O–H groups in total. The minimum Gasteiger partial charge on any atom is -0.356 e. The number of carbonyl (C=O) groups is 2. The summed E-state index contributed by atoms with van der Waals surface area (Å²) in [7, 11) is 0. The van der Waals surface area contributed by atoms with Gasteiger partial charge in [-0.25, -0.2) is 0 Å². The fourth-order valence-electron chi connectivity index (χ4n) is 2.15. The van der Waals surface area contributed by atoms with Crippen molar-refractivity contribution in [3.63, 3.8) is 0 Å². The summed E-state index contributed by atoms with van der Waals surface area (Å²) in [4.78, 5) is 25.1. The van der Waals surface area contributed by atoms with E-state index in [-0.39, 0.29) is 24.2 Å². The Morgan fingerprint density at radius 3 is 2.42 bits per heavy atom. The third-order valence-electron chi connectivity index (χ3n) is 3.44. The van der Waals surface area contributed by atoms with E-state index in [0.29, 0.717) is 31.8 Å². The van der Waals surface area contributed by atoms with E-state index in [1.807, 2.05) is 11.8 Å². The van der Waals surface area contributed by atoms with E-state index in [0.717, 1.165) is 32.4 Å².